The van der Waals surface area contributed by atoms with Crippen LogP contribution in [0.5, 0.6) is 0 Å². The molecule has 2 N–H and O–H groups in total. The van der Waals surface area contributed by atoms with Gasteiger partial charge in [-0.1, -0.05) is 58.4 Å². The number of rotatable bonds is 4. The van der Waals surface area contributed by atoms with Crippen molar-refractivity contribution in [1.82, 2.24) is 4.90 Å². The monoisotopic (exact) mass is 388 g/mol. The average molecular weight is 389 g/mol. The number of morpholine rings is 1. The van der Waals surface area contributed by atoms with E-state index in [1.165, 1.54) is 0 Å². The summed E-state index contributed by atoms with van der Waals surface area (Å²) < 4.78 is 6.86. The molecular weight excluding hydrogens is 368 g/mol. The van der Waals surface area contributed by atoms with Crippen LogP contribution in [-0.2, 0) is 16.0 Å². The molecule has 0 aromatic heterocycles. The Morgan fingerprint density at radius 1 is 1.21 bits per heavy atom. The second-order valence-corrected chi connectivity index (χ2v) is 6.91. The zero-order chi connectivity index (χ0) is 16.9. The van der Waals surface area contributed by atoms with E-state index in [1.54, 1.807) is 0 Å². The van der Waals surface area contributed by atoms with Crippen LogP contribution in [0.2, 0.25) is 0 Å². The summed E-state index contributed by atoms with van der Waals surface area (Å²) in [5.41, 5.74) is 8.30. The number of nitrogens with two attached hydrogens (primary N) is 1. The Morgan fingerprint density at radius 3 is 2.62 bits per heavy atom. The maximum atomic E-state index is 12.7. The Labute approximate surface area is 150 Å². The lowest BCUT2D eigenvalue weighted by Crippen LogP contribution is -2.50. The molecule has 2 aromatic rings. The quantitative estimate of drug-likeness (QED) is 0.875. The summed E-state index contributed by atoms with van der Waals surface area (Å²) in [5.74, 6) is -0.00994. The number of carbonyl (C=O) groups excluding carboxylic acids is 1. The van der Waals surface area contributed by atoms with Gasteiger partial charge in [-0.25, -0.2) is 0 Å². The van der Waals surface area contributed by atoms with E-state index in [9.17, 15) is 4.79 Å². The SMILES string of the molecule is N[C@@H](Cc1ccccc1)C(=O)N1CCOC(c2ccc(Br)cc2)C1. The highest BCUT2D eigenvalue weighted by atomic mass is 79.9. The molecular formula is C19H21BrN2O2. The Kier molecular flexibility index (Phi) is 5.66. The molecule has 0 aliphatic carbocycles. The van der Waals surface area contributed by atoms with Gasteiger partial charge in [0.2, 0.25) is 5.91 Å². The molecule has 0 radical (unpaired) electrons. The number of benzene rings is 2. The van der Waals surface area contributed by atoms with Crippen LogP contribution in [0.1, 0.15) is 17.2 Å². The van der Waals surface area contributed by atoms with Gasteiger partial charge in [0.25, 0.3) is 0 Å². The van der Waals surface area contributed by atoms with Crippen molar-refractivity contribution in [2.24, 2.45) is 5.73 Å². The van der Waals surface area contributed by atoms with E-state index in [4.69, 9.17) is 10.5 Å². The third kappa shape index (κ3) is 4.23. The van der Waals surface area contributed by atoms with Crippen LogP contribution in [0.15, 0.2) is 59.1 Å². The van der Waals surface area contributed by atoms with Crippen molar-refractivity contribution >= 4 is 21.8 Å². The highest BCUT2D eigenvalue weighted by Gasteiger charge is 2.28. The van der Waals surface area contributed by atoms with Crippen molar-refractivity contribution in [3.63, 3.8) is 0 Å². The molecule has 1 amide bonds. The van der Waals surface area contributed by atoms with Crippen LogP contribution in [0.3, 0.4) is 0 Å². The minimum Gasteiger partial charge on any atom is -0.370 e. The van der Waals surface area contributed by atoms with Crippen molar-refractivity contribution in [2.45, 2.75) is 18.6 Å². The van der Waals surface area contributed by atoms with E-state index in [-0.39, 0.29) is 12.0 Å². The third-order valence-electron chi connectivity index (χ3n) is 4.24. The van der Waals surface area contributed by atoms with Crippen molar-refractivity contribution in [2.75, 3.05) is 19.7 Å². The molecule has 2 atom stereocenters. The summed E-state index contributed by atoms with van der Waals surface area (Å²) in [6.07, 6.45) is 0.458. The Bertz CT molecular complexity index is 676. The second-order valence-electron chi connectivity index (χ2n) is 5.99. The van der Waals surface area contributed by atoms with Crippen LogP contribution in [0, 0.1) is 0 Å². The van der Waals surface area contributed by atoms with Gasteiger partial charge in [-0.2, -0.15) is 0 Å². The standard InChI is InChI=1S/C19H21BrN2O2/c20-16-8-6-15(7-9-16)18-13-22(10-11-24-18)19(23)17(21)12-14-4-2-1-3-5-14/h1-9,17-18H,10-13,21H2/t17-,18?/m0/s1. The molecule has 126 valence electrons. The predicted molar refractivity (Wildman–Crippen MR) is 97.5 cm³/mol. The molecule has 1 aliphatic rings. The fourth-order valence-corrected chi connectivity index (χ4v) is 3.18. The number of nitrogens with zero attached hydrogens (tertiary/aromatic N) is 1. The van der Waals surface area contributed by atoms with Crippen LogP contribution >= 0.6 is 15.9 Å². The number of carbonyl (C=O) groups is 1. The van der Waals surface area contributed by atoms with Gasteiger partial charge in [0.1, 0.15) is 6.10 Å². The Balaban J connectivity index is 1.63. The fraction of sp³-hybridized carbons (Fsp3) is 0.316. The highest BCUT2D eigenvalue weighted by Crippen LogP contribution is 2.24. The van der Waals surface area contributed by atoms with Gasteiger partial charge in [-0.15, -0.1) is 0 Å². The maximum absolute atomic E-state index is 12.7. The first-order chi connectivity index (χ1) is 11.6. The van der Waals surface area contributed by atoms with Gasteiger partial charge in [0.05, 0.1) is 19.2 Å². The molecule has 0 bridgehead atoms. The minimum atomic E-state index is -0.518. The molecule has 5 heteroatoms. The van der Waals surface area contributed by atoms with Crippen LogP contribution in [0.25, 0.3) is 0 Å². The lowest BCUT2D eigenvalue weighted by Gasteiger charge is -2.34. The molecule has 3 rings (SSSR count). The topological polar surface area (TPSA) is 55.6 Å². The Hall–Kier alpha value is -1.69. The molecule has 1 heterocycles. The zero-order valence-corrected chi connectivity index (χ0v) is 15.0. The van der Waals surface area contributed by atoms with Gasteiger partial charge in [-0.3, -0.25) is 4.79 Å². The van der Waals surface area contributed by atoms with Crippen molar-refractivity contribution in [3.8, 4) is 0 Å². The lowest BCUT2D eigenvalue weighted by molar-refractivity contribution is -0.140. The van der Waals surface area contributed by atoms with Gasteiger partial charge in [0, 0.05) is 11.0 Å². The summed E-state index contributed by atoms with van der Waals surface area (Å²) in [5, 5.41) is 0. The number of amides is 1. The number of hydrogen-bond acceptors (Lipinski definition) is 3. The molecule has 1 fully saturated rings. The number of ether oxygens (including phenoxy) is 1. The first kappa shape index (κ1) is 17.1. The van der Waals surface area contributed by atoms with Crippen molar-refractivity contribution < 1.29 is 9.53 Å². The van der Waals surface area contributed by atoms with E-state index in [1.807, 2.05) is 59.5 Å². The van der Waals surface area contributed by atoms with E-state index < -0.39 is 6.04 Å². The molecule has 0 saturated carbocycles. The molecule has 2 aromatic carbocycles. The van der Waals surface area contributed by atoms with Gasteiger partial charge < -0.3 is 15.4 Å². The van der Waals surface area contributed by atoms with Crippen molar-refractivity contribution in [1.29, 1.82) is 0 Å². The second kappa shape index (κ2) is 7.92. The average Bonchev–Trinajstić information content (AvgIpc) is 2.62. The van der Waals surface area contributed by atoms with Gasteiger partial charge >= 0.3 is 0 Å². The smallest absolute Gasteiger partial charge is 0.240 e. The fourth-order valence-electron chi connectivity index (χ4n) is 2.92. The summed E-state index contributed by atoms with van der Waals surface area (Å²) in [6.45, 7) is 1.67. The molecule has 4 nitrogen and oxygen atoms in total. The first-order valence-electron chi connectivity index (χ1n) is 8.09. The van der Waals surface area contributed by atoms with Crippen LogP contribution in [0.4, 0.5) is 0 Å². The molecule has 0 spiro atoms. The summed E-state index contributed by atoms with van der Waals surface area (Å²) in [4.78, 5) is 14.5. The summed E-state index contributed by atoms with van der Waals surface area (Å²) in [7, 11) is 0. The normalized spacial score (nSPS) is 19.1. The molecule has 1 saturated heterocycles. The summed E-state index contributed by atoms with van der Waals surface area (Å²) in [6, 6.07) is 17.4. The first-order valence-corrected chi connectivity index (χ1v) is 8.88. The van der Waals surface area contributed by atoms with Gasteiger partial charge in [-0.05, 0) is 29.7 Å². The number of halogens is 1. The third-order valence-corrected chi connectivity index (χ3v) is 4.76. The van der Waals surface area contributed by atoms with Gasteiger partial charge in [0.15, 0.2) is 0 Å². The van der Waals surface area contributed by atoms with E-state index in [2.05, 4.69) is 15.9 Å². The maximum Gasteiger partial charge on any atom is 0.240 e. The summed E-state index contributed by atoms with van der Waals surface area (Å²) >= 11 is 3.43. The number of hydrogen-bond donors (Lipinski definition) is 1. The van der Waals surface area contributed by atoms with Crippen LogP contribution in [-0.4, -0.2) is 36.5 Å². The highest BCUT2D eigenvalue weighted by molar-refractivity contribution is 9.10. The van der Waals surface area contributed by atoms with Crippen LogP contribution < -0.4 is 5.73 Å². The molecule has 24 heavy (non-hydrogen) atoms. The molecule has 1 unspecified atom stereocenters. The van der Waals surface area contributed by atoms with E-state index >= 15 is 0 Å². The van der Waals surface area contributed by atoms with E-state index in [0.29, 0.717) is 26.1 Å². The van der Waals surface area contributed by atoms with E-state index in [0.717, 1.165) is 15.6 Å². The predicted octanol–water partition coefficient (Wildman–Crippen LogP) is 2.92. The lowest BCUT2D eigenvalue weighted by atomic mass is 10.0. The zero-order valence-electron chi connectivity index (χ0n) is 13.4. The minimum absolute atomic E-state index is 0.00994. The van der Waals surface area contributed by atoms with Crippen molar-refractivity contribution in [3.05, 3.63) is 70.2 Å². The molecule has 1 aliphatic heterocycles. The Morgan fingerprint density at radius 2 is 1.92 bits per heavy atom. The largest absolute Gasteiger partial charge is 0.370 e.